The molecule has 2 aromatic carbocycles. The number of nitrogens with zero attached hydrogens (tertiary/aromatic N) is 1. The van der Waals surface area contributed by atoms with E-state index in [-0.39, 0.29) is 33.6 Å². The van der Waals surface area contributed by atoms with E-state index in [1.807, 2.05) is 0 Å². The molecule has 0 saturated carbocycles. The summed E-state index contributed by atoms with van der Waals surface area (Å²) in [6.45, 7) is 2.33. The number of benzene rings is 2. The summed E-state index contributed by atoms with van der Waals surface area (Å²) in [6.07, 6.45) is 0. The lowest BCUT2D eigenvalue weighted by Gasteiger charge is -2.26. The summed E-state index contributed by atoms with van der Waals surface area (Å²) in [4.78, 5) is 24.5. The first kappa shape index (κ1) is 23.5. The van der Waals surface area contributed by atoms with Crippen LogP contribution in [0.25, 0.3) is 0 Å². The number of amides is 1. The number of morpholine rings is 1. The minimum absolute atomic E-state index is 0.0337. The third kappa shape index (κ3) is 5.55. The van der Waals surface area contributed by atoms with Crippen molar-refractivity contribution in [3.05, 3.63) is 57.6 Å². The van der Waals surface area contributed by atoms with Gasteiger partial charge in [-0.2, -0.15) is 4.31 Å². The molecule has 0 aromatic heterocycles. The summed E-state index contributed by atoms with van der Waals surface area (Å²) in [5, 5.41) is 2.80. The van der Waals surface area contributed by atoms with Crippen LogP contribution in [-0.4, -0.2) is 57.5 Å². The van der Waals surface area contributed by atoms with Crippen molar-refractivity contribution >= 4 is 50.8 Å². The quantitative estimate of drug-likeness (QED) is 0.629. The lowest BCUT2D eigenvalue weighted by atomic mass is 10.2. The first-order valence-electron chi connectivity index (χ1n) is 9.29. The number of carbonyl (C=O) groups is 2. The summed E-state index contributed by atoms with van der Waals surface area (Å²) >= 11 is 11.9. The zero-order valence-corrected chi connectivity index (χ0v) is 18.9. The van der Waals surface area contributed by atoms with E-state index in [2.05, 4.69) is 5.32 Å². The van der Waals surface area contributed by atoms with Crippen molar-refractivity contribution in [3.63, 3.8) is 0 Å². The van der Waals surface area contributed by atoms with Crippen LogP contribution in [0.2, 0.25) is 10.0 Å². The number of nitrogens with one attached hydrogen (secondary N) is 1. The second-order valence-electron chi connectivity index (χ2n) is 6.72. The maximum absolute atomic E-state index is 12.8. The van der Waals surface area contributed by atoms with Crippen LogP contribution < -0.4 is 5.32 Å². The molecule has 1 saturated heterocycles. The van der Waals surface area contributed by atoms with Crippen LogP contribution in [0.3, 0.4) is 0 Å². The highest BCUT2D eigenvalue weighted by Gasteiger charge is 2.27. The van der Waals surface area contributed by atoms with Crippen molar-refractivity contribution in [2.45, 2.75) is 11.8 Å². The van der Waals surface area contributed by atoms with Crippen molar-refractivity contribution in [3.8, 4) is 0 Å². The molecule has 0 atom stereocenters. The first-order chi connectivity index (χ1) is 14.7. The smallest absolute Gasteiger partial charge is 0.340 e. The number of rotatable bonds is 6. The summed E-state index contributed by atoms with van der Waals surface area (Å²) in [7, 11) is -3.72. The Hall–Kier alpha value is -2.17. The predicted octanol–water partition coefficient (Wildman–Crippen LogP) is 3.12. The Morgan fingerprint density at radius 3 is 2.58 bits per heavy atom. The molecule has 1 heterocycles. The van der Waals surface area contributed by atoms with Gasteiger partial charge < -0.3 is 14.8 Å². The fourth-order valence-electron chi connectivity index (χ4n) is 2.89. The molecule has 0 radical (unpaired) electrons. The molecule has 31 heavy (non-hydrogen) atoms. The third-order valence-electron chi connectivity index (χ3n) is 4.60. The standard InChI is InChI=1S/C20H20Cl2N2O6S/c1-13-5-6-14(31(27,28)24-7-9-29-10-8-24)11-17(13)23-18(25)12-30-20(26)15-3-2-4-16(21)19(15)22/h2-6,11H,7-10,12H2,1H3,(H,23,25). The number of ether oxygens (including phenoxy) is 2. The fraction of sp³-hybridized carbons (Fsp3) is 0.300. The van der Waals surface area contributed by atoms with Gasteiger partial charge in [-0.05, 0) is 36.8 Å². The maximum atomic E-state index is 12.8. The van der Waals surface area contributed by atoms with Crippen LogP contribution in [0.15, 0.2) is 41.3 Å². The van der Waals surface area contributed by atoms with Gasteiger partial charge in [0.1, 0.15) is 0 Å². The maximum Gasteiger partial charge on any atom is 0.340 e. The molecule has 0 aliphatic carbocycles. The topological polar surface area (TPSA) is 102 Å². The number of carbonyl (C=O) groups excluding carboxylic acids is 2. The Kier molecular flexibility index (Phi) is 7.55. The SMILES string of the molecule is Cc1ccc(S(=O)(=O)N2CCOCC2)cc1NC(=O)COC(=O)c1cccc(Cl)c1Cl. The van der Waals surface area contributed by atoms with E-state index in [1.165, 1.54) is 34.6 Å². The van der Waals surface area contributed by atoms with E-state index in [0.717, 1.165) is 0 Å². The van der Waals surface area contributed by atoms with Gasteiger partial charge in [0.25, 0.3) is 5.91 Å². The highest BCUT2D eigenvalue weighted by molar-refractivity contribution is 7.89. The number of aryl methyl sites for hydroxylation is 1. The van der Waals surface area contributed by atoms with Gasteiger partial charge in [0.05, 0.1) is 33.7 Å². The van der Waals surface area contributed by atoms with E-state index >= 15 is 0 Å². The fourth-order valence-corrected chi connectivity index (χ4v) is 4.70. The second-order valence-corrected chi connectivity index (χ2v) is 9.44. The first-order valence-corrected chi connectivity index (χ1v) is 11.5. The summed E-state index contributed by atoms with van der Waals surface area (Å²) in [5.41, 5.74) is 0.992. The Bertz CT molecular complexity index is 1100. The average Bonchev–Trinajstić information content (AvgIpc) is 2.76. The molecule has 1 amide bonds. The van der Waals surface area contributed by atoms with E-state index in [9.17, 15) is 18.0 Å². The Labute approximate surface area is 190 Å². The van der Waals surface area contributed by atoms with Crippen LogP contribution in [0, 0.1) is 6.92 Å². The van der Waals surface area contributed by atoms with Gasteiger partial charge in [-0.3, -0.25) is 4.79 Å². The molecule has 8 nitrogen and oxygen atoms in total. The molecular weight excluding hydrogens is 467 g/mol. The van der Waals surface area contributed by atoms with Gasteiger partial charge >= 0.3 is 5.97 Å². The van der Waals surface area contributed by atoms with Gasteiger partial charge in [-0.15, -0.1) is 0 Å². The minimum Gasteiger partial charge on any atom is -0.452 e. The average molecular weight is 487 g/mol. The van der Waals surface area contributed by atoms with Crippen molar-refractivity contribution in [2.75, 3.05) is 38.2 Å². The number of hydrogen-bond donors (Lipinski definition) is 1. The highest BCUT2D eigenvalue weighted by Crippen LogP contribution is 2.26. The molecule has 1 N–H and O–H groups in total. The number of sulfonamides is 1. The zero-order chi connectivity index (χ0) is 22.6. The molecule has 1 fully saturated rings. The molecule has 0 bridgehead atoms. The van der Waals surface area contributed by atoms with Gasteiger partial charge in [0.2, 0.25) is 10.0 Å². The number of esters is 1. The summed E-state index contributed by atoms with van der Waals surface area (Å²) < 4.78 is 37.2. The molecular formula is C20H20Cl2N2O6S. The molecule has 3 rings (SSSR count). The lowest BCUT2D eigenvalue weighted by molar-refractivity contribution is -0.119. The zero-order valence-electron chi connectivity index (χ0n) is 16.6. The van der Waals surface area contributed by atoms with E-state index in [1.54, 1.807) is 13.0 Å². The highest BCUT2D eigenvalue weighted by atomic mass is 35.5. The molecule has 11 heteroatoms. The molecule has 1 aliphatic rings. The summed E-state index contributed by atoms with van der Waals surface area (Å²) in [5.74, 6) is -1.43. The van der Waals surface area contributed by atoms with Crippen molar-refractivity contribution < 1.29 is 27.5 Å². The molecule has 166 valence electrons. The monoisotopic (exact) mass is 486 g/mol. The van der Waals surface area contributed by atoms with Gasteiger partial charge in [-0.1, -0.05) is 35.3 Å². The second kappa shape index (κ2) is 9.97. The van der Waals surface area contributed by atoms with Crippen LogP contribution in [0.5, 0.6) is 0 Å². The van der Waals surface area contributed by atoms with Gasteiger partial charge in [0.15, 0.2) is 6.61 Å². The normalized spacial score (nSPS) is 14.8. The minimum atomic E-state index is -3.72. The van der Waals surface area contributed by atoms with E-state index in [4.69, 9.17) is 32.7 Å². The third-order valence-corrected chi connectivity index (χ3v) is 7.31. The van der Waals surface area contributed by atoms with E-state index in [0.29, 0.717) is 24.5 Å². The Morgan fingerprint density at radius 1 is 1.16 bits per heavy atom. The molecule has 0 spiro atoms. The number of halogens is 2. The van der Waals surface area contributed by atoms with Crippen LogP contribution in [0.1, 0.15) is 15.9 Å². The van der Waals surface area contributed by atoms with Crippen molar-refractivity contribution in [1.29, 1.82) is 0 Å². The predicted molar refractivity (Wildman–Crippen MR) is 116 cm³/mol. The van der Waals surface area contributed by atoms with Crippen LogP contribution in [0.4, 0.5) is 5.69 Å². The van der Waals surface area contributed by atoms with Gasteiger partial charge in [0, 0.05) is 18.8 Å². The Morgan fingerprint density at radius 2 is 1.87 bits per heavy atom. The lowest BCUT2D eigenvalue weighted by Crippen LogP contribution is -2.40. The largest absolute Gasteiger partial charge is 0.452 e. The molecule has 2 aromatic rings. The molecule has 0 unspecified atom stereocenters. The number of hydrogen-bond acceptors (Lipinski definition) is 6. The van der Waals surface area contributed by atoms with Crippen molar-refractivity contribution in [2.24, 2.45) is 0 Å². The van der Waals surface area contributed by atoms with E-state index < -0.39 is 28.5 Å². The molecule has 1 aliphatic heterocycles. The van der Waals surface area contributed by atoms with Crippen LogP contribution in [-0.2, 0) is 24.3 Å². The van der Waals surface area contributed by atoms with Crippen molar-refractivity contribution in [1.82, 2.24) is 4.31 Å². The van der Waals surface area contributed by atoms with Gasteiger partial charge in [-0.25, -0.2) is 13.2 Å². The summed E-state index contributed by atoms with van der Waals surface area (Å²) in [6, 6.07) is 8.95. The number of anilines is 1. The Balaban J connectivity index is 1.68. The van der Waals surface area contributed by atoms with Crippen LogP contribution >= 0.6 is 23.2 Å².